The van der Waals surface area contributed by atoms with Crippen LogP contribution in [-0.4, -0.2) is 24.4 Å². The van der Waals surface area contributed by atoms with Gasteiger partial charge in [0.25, 0.3) is 0 Å². The summed E-state index contributed by atoms with van der Waals surface area (Å²) in [6, 6.07) is 15.7. The Bertz CT molecular complexity index is 955. The Kier molecular flexibility index (Phi) is 5.62. The monoisotopic (exact) mass is 400 g/mol. The van der Waals surface area contributed by atoms with Gasteiger partial charge in [-0.2, -0.15) is 0 Å². The van der Waals surface area contributed by atoms with Crippen molar-refractivity contribution in [2.75, 3.05) is 13.7 Å². The van der Waals surface area contributed by atoms with Crippen molar-refractivity contribution < 1.29 is 9.47 Å². The molecule has 1 aromatic heterocycles. The molecular formula is C21H21ClN2O2S. The summed E-state index contributed by atoms with van der Waals surface area (Å²) >= 11 is 7.70. The zero-order valence-electron chi connectivity index (χ0n) is 15.1. The van der Waals surface area contributed by atoms with E-state index < -0.39 is 0 Å². The van der Waals surface area contributed by atoms with Gasteiger partial charge in [-0.1, -0.05) is 23.7 Å². The summed E-state index contributed by atoms with van der Waals surface area (Å²) in [4.78, 5) is 5.83. The van der Waals surface area contributed by atoms with Crippen LogP contribution in [0.5, 0.6) is 5.75 Å². The van der Waals surface area contributed by atoms with Crippen LogP contribution in [0.1, 0.15) is 12.8 Å². The second-order valence-corrected chi connectivity index (χ2v) is 7.74. The van der Waals surface area contributed by atoms with E-state index >= 15 is 0 Å². The molecule has 0 bridgehead atoms. The summed E-state index contributed by atoms with van der Waals surface area (Å²) in [5.41, 5.74) is 3.17. The number of rotatable bonds is 5. The minimum atomic E-state index is 0.237. The van der Waals surface area contributed by atoms with Crippen molar-refractivity contribution in [1.82, 2.24) is 4.57 Å². The lowest BCUT2D eigenvalue weighted by molar-refractivity contribution is 0.0968. The van der Waals surface area contributed by atoms with E-state index in [0.717, 1.165) is 58.5 Å². The third-order valence-electron chi connectivity index (χ3n) is 4.65. The van der Waals surface area contributed by atoms with Crippen LogP contribution in [0.25, 0.3) is 11.3 Å². The normalized spacial score (nSPS) is 17.4. The molecule has 1 atom stereocenters. The average molecular weight is 401 g/mol. The maximum absolute atomic E-state index is 6.06. The van der Waals surface area contributed by atoms with E-state index in [0.29, 0.717) is 0 Å². The zero-order chi connectivity index (χ0) is 18.6. The van der Waals surface area contributed by atoms with Crippen LogP contribution < -0.4 is 9.54 Å². The second kappa shape index (κ2) is 8.30. The molecule has 1 fully saturated rings. The Balaban J connectivity index is 1.75. The van der Waals surface area contributed by atoms with E-state index in [2.05, 4.69) is 9.95 Å². The molecule has 2 heterocycles. The number of hydrogen-bond donors (Lipinski definition) is 0. The van der Waals surface area contributed by atoms with E-state index in [9.17, 15) is 0 Å². The van der Waals surface area contributed by atoms with Crippen molar-refractivity contribution in [2.24, 2.45) is 4.99 Å². The van der Waals surface area contributed by atoms with Crippen LogP contribution in [-0.2, 0) is 11.3 Å². The Hall–Kier alpha value is -2.08. The number of nitrogens with zero attached hydrogens (tertiary/aromatic N) is 2. The largest absolute Gasteiger partial charge is 0.497 e. The maximum Gasteiger partial charge on any atom is 0.190 e. The van der Waals surface area contributed by atoms with Crippen molar-refractivity contribution in [3.8, 4) is 17.0 Å². The molecule has 3 aromatic rings. The molecule has 1 saturated heterocycles. The molecule has 0 amide bonds. The molecule has 6 heteroatoms. The topological polar surface area (TPSA) is 35.8 Å². The van der Waals surface area contributed by atoms with Gasteiger partial charge in [0.05, 0.1) is 31.1 Å². The molecule has 1 aliphatic rings. The van der Waals surface area contributed by atoms with Gasteiger partial charge in [-0.15, -0.1) is 11.3 Å². The fourth-order valence-corrected chi connectivity index (χ4v) is 4.27. The van der Waals surface area contributed by atoms with Crippen LogP contribution in [0.4, 0.5) is 5.69 Å². The van der Waals surface area contributed by atoms with Crippen LogP contribution in [0.15, 0.2) is 58.9 Å². The van der Waals surface area contributed by atoms with Crippen molar-refractivity contribution in [1.29, 1.82) is 0 Å². The predicted molar refractivity (Wildman–Crippen MR) is 110 cm³/mol. The molecule has 140 valence electrons. The number of ether oxygens (including phenoxy) is 2. The number of hydrogen-bond acceptors (Lipinski definition) is 4. The van der Waals surface area contributed by atoms with E-state index in [1.54, 1.807) is 18.4 Å². The van der Waals surface area contributed by atoms with Crippen molar-refractivity contribution in [2.45, 2.75) is 25.5 Å². The highest BCUT2D eigenvalue weighted by Gasteiger charge is 2.19. The summed E-state index contributed by atoms with van der Waals surface area (Å²) in [6.45, 7) is 1.65. The summed E-state index contributed by atoms with van der Waals surface area (Å²) in [7, 11) is 1.67. The first-order valence-electron chi connectivity index (χ1n) is 8.97. The Morgan fingerprint density at radius 2 is 1.96 bits per heavy atom. The SMILES string of the molecule is COc1ccc(N=c2scc(-c3ccc(Cl)cc3)n2C[C@H]2CCCO2)cc1. The van der Waals surface area contributed by atoms with Gasteiger partial charge in [0, 0.05) is 17.0 Å². The lowest BCUT2D eigenvalue weighted by atomic mass is 10.1. The second-order valence-electron chi connectivity index (χ2n) is 6.47. The Morgan fingerprint density at radius 3 is 2.63 bits per heavy atom. The van der Waals surface area contributed by atoms with E-state index in [1.165, 1.54) is 0 Å². The van der Waals surface area contributed by atoms with E-state index in [4.69, 9.17) is 26.1 Å². The molecular weight excluding hydrogens is 380 g/mol. The highest BCUT2D eigenvalue weighted by atomic mass is 35.5. The molecule has 0 unspecified atom stereocenters. The summed E-state index contributed by atoms with van der Waals surface area (Å²) in [5.74, 6) is 0.828. The van der Waals surface area contributed by atoms with Crippen molar-refractivity contribution in [3.63, 3.8) is 0 Å². The van der Waals surface area contributed by atoms with Crippen LogP contribution in [0, 0.1) is 0 Å². The molecule has 1 aliphatic heterocycles. The molecule has 2 aromatic carbocycles. The van der Waals surface area contributed by atoms with Gasteiger partial charge in [-0.25, -0.2) is 4.99 Å². The maximum atomic E-state index is 6.06. The summed E-state index contributed by atoms with van der Waals surface area (Å²) < 4.78 is 13.4. The van der Waals surface area contributed by atoms with E-state index in [1.807, 2.05) is 48.5 Å². The van der Waals surface area contributed by atoms with Crippen LogP contribution in [0.3, 0.4) is 0 Å². The molecule has 0 saturated carbocycles. The number of methoxy groups -OCH3 is 1. The minimum absolute atomic E-state index is 0.237. The van der Waals surface area contributed by atoms with Crippen LogP contribution >= 0.6 is 22.9 Å². The molecule has 0 radical (unpaired) electrons. The number of halogens is 1. The van der Waals surface area contributed by atoms with Crippen molar-refractivity contribution in [3.05, 3.63) is 63.7 Å². The fraction of sp³-hybridized carbons (Fsp3) is 0.286. The van der Waals surface area contributed by atoms with Gasteiger partial charge in [0.2, 0.25) is 0 Å². The lowest BCUT2D eigenvalue weighted by Gasteiger charge is -2.14. The zero-order valence-corrected chi connectivity index (χ0v) is 16.7. The molecule has 0 aliphatic carbocycles. The van der Waals surface area contributed by atoms with Gasteiger partial charge in [0.15, 0.2) is 4.80 Å². The Labute approximate surface area is 167 Å². The number of aromatic nitrogens is 1. The fourth-order valence-electron chi connectivity index (χ4n) is 3.21. The van der Waals surface area contributed by atoms with Crippen molar-refractivity contribution >= 4 is 28.6 Å². The first kappa shape index (κ1) is 18.3. The van der Waals surface area contributed by atoms with Gasteiger partial charge >= 0.3 is 0 Å². The molecule has 0 N–H and O–H groups in total. The van der Waals surface area contributed by atoms with Gasteiger partial charge in [0.1, 0.15) is 5.75 Å². The average Bonchev–Trinajstić information content (AvgIpc) is 3.34. The highest BCUT2D eigenvalue weighted by molar-refractivity contribution is 7.07. The molecule has 4 nitrogen and oxygen atoms in total. The number of benzene rings is 2. The first-order chi connectivity index (χ1) is 13.2. The standard InChI is InChI=1S/C21H21ClN2O2S/c1-25-18-10-8-17(9-11-18)23-21-24(13-19-3-2-12-26-19)20(14-27-21)15-4-6-16(22)7-5-15/h4-11,14,19H,2-3,12-13H2,1H3/t19-/m1/s1. The lowest BCUT2D eigenvalue weighted by Crippen LogP contribution is -2.24. The third-order valence-corrected chi connectivity index (χ3v) is 5.76. The summed E-state index contributed by atoms with van der Waals surface area (Å²) in [6.07, 6.45) is 2.45. The van der Waals surface area contributed by atoms with Crippen LogP contribution in [0.2, 0.25) is 5.02 Å². The highest BCUT2D eigenvalue weighted by Crippen LogP contribution is 2.25. The predicted octanol–water partition coefficient (Wildman–Crippen LogP) is 5.29. The molecule has 0 spiro atoms. The number of thiazole rings is 1. The summed E-state index contributed by atoms with van der Waals surface area (Å²) in [5, 5.41) is 2.89. The first-order valence-corrected chi connectivity index (χ1v) is 10.2. The van der Waals surface area contributed by atoms with Gasteiger partial charge in [-0.3, -0.25) is 0 Å². The smallest absolute Gasteiger partial charge is 0.190 e. The van der Waals surface area contributed by atoms with Gasteiger partial charge < -0.3 is 14.0 Å². The third kappa shape index (κ3) is 4.26. The molecule has 27 heavy (non-hydrogen) atoms. The van der Waals surface area contributed by atoms with Gasteiger partial charge in [-0.05, 0) is 54.8 Å². The Morgan fingerprint density at radius 1 is 1.19 bits per heavy atom. The quantitative estimate of drug-likeness (QED) is 0.583. The minimum Gasteiger partial charge on any atom is -0.497 e. The molecule has 4 rings (SSSR count). The van der Waals surface area contributed by atoms with E-state index in [-0.39, 0.29) is 6.10 Å².